The molecule has 0 bridgehead atoms. The number of rotatable bonds is 0. The first-order valence-electron chi connectivity index (χ1n) is 6.51. The Hall–Kier alpha value is -2.55. The molecular weight excluding hydrogens is 234 g/mol. The molecule has 0 fully saturated rings. The summed E-state index contributed by atoms with van der Waals surface area (Å²) in [6, 6.07) is 6.38. The van der Waals surface area contributed by atoms with E-state index in [1.807, 2.05) is 0 Å². The molecule has 0 saturated heterocycles. The third kappa shape index (κ3) is 0.978. The van der Waals surface area contributed by atoms with Crippen molar-refractivity contribution in [1.29, 1.82) is 0 Å². The van der Waals surface area contributed by atoms with Gasteiger partial charge in [0.25, 0.3) is 0 Å². The summed E-state index contributed by atoms with van der Waals surface area (Å²) in [5, 5.41) is 0. The third-order valence-electron chi connectivity index (χ3n) is 4.06. The van der Waals surface area contributed by atoms with Gasteiger partial charge in [-0.1, -0.05) is 12.2 Å². The number of pyridine rings is 1. The van der Waals surface area contributed by atoms with E-state index in [1.54, 1.807) is 0 Å². The van der Waals surface area contributed by atoms with Crippen molar-refractivity contribution >= 4 is 5.70 Å². The van der Waals surface area contributed by atoms with E-state index in [0.717, 1.165) is 0 Å². The zero-order valence-corrected chi connectivity index (χ0v) is 10.3. The second kappa shape index (κ2) is 3.06. The minimum Gasteiger partial charge on any atom is -0.269 e. The molecule has 0 spiro atoms. The molecule has 0 aliphatic carbocycles. The average Bonchev–Trinajstić information content (AvgIpc) is 2.99. The zero-order valence-electron chi connectivity index (χ0n) is 10.3. The molecule has 3 heteroatoms. The zero-order chi connectivity index (χ0) is 12.4. The monoisotopic (exact) mass is 246 g/mol. The maximum absolute atomic E-state index is 2.41. The summed E-state index contributed by atoms with van der Waals surface area (Å²) in [5.41, 5.74) is 5.12. The van der Waals surface area contributed by atoms with Crippen molar-refractivity contribution in [2.75, 3.05) is 0 Å². The maximum Gasteiger partial charge on any atom is 0.325 e. The minimum absolute atomic E-state index is 0.207. The Morgan fingerprint density at radius 2 is 1.95 bits per heavy atom. The van der Waals surface area contributed by atoms with Crippen LogP contribution in [-0.4, -0.2) is 9.80 Å². The third-order valence-corrected chi connectivity index (χ3v) is 4.06. The summed E-state index contributed by atoms with van der Waals surface area (Å²) in [6.45, 7) is 0. The first-order valence-corrected chi connectivity index (χ1v) is 6.51. The molecule has 5 heterocycles. The predicted molar refractivity (Wildman–Crippen MR) is 71.8 cm³/mol. The van der Waals surface area contributed by atoms with Crippen molar-refractivity contribution in [2.24, 2.45) is 0 Å². The van der Waals surface area contributed by atoms with Gasteiger partial charge in [-0.15, -0.1) is 0 Å². The van der Waals surface area contributed by atoms with Crippen LogP contribution in [0.1, 0.15) is 12.0 Å². The summed E-state index contributed by atoms with van der Waals surface area (Å²) >= 11 is 0. The second-order valence-corrected chi connectivity index (χ2v) is 5.00. The van der Waals surface area contributed by atoms with Crippen LogP contribution in [0, 0.1) is 0 Å². The predicted octanol–water partition coefficient (Wildman–Crippen LogP) is 2.27. The van der Waals surface area contributed by atoms with E-state index in [0.29, 0.717) is 0 Å². The molecular formula is C16H12N3+. The van der Waals surface area contributed by atoms with E-state index in [4.69, 9.17) is 0 Å². The van der Waals surface area contributed by atoms with E-state index in [1.165, 1.54) is 22.8 Å². The number of fused-ring (bicyclic) bond motifs is 5. The van der Waals surface area contributed by atoms with Crippen molar-refractivity contribution in [3.63, 3.8) is 0 Å². The first-order chi connectivity index (χ1) is 9.45. The number of aromatic nitrogens is 1. The van der Waals surface area contributed by atoms with Gasteiger partial charge in [0, 0.05) is 18.3 Å². The SMILES string of the molecule is C1=CC2=C3C=CC=C4c5cccc[n+]5C(N2C=C1)N43. The fraction of sp³-hybridized carbons (Fsp3) is 0.0625. The normalized spacial score (nSPS) is 24.6. The van der Waals surface area contributed by atoms with Crippen LogP contribution in [0.3, 0.4) is 0 Å². The van der Waals surface area contributed by atoms with Gasteiger partial charge >= 0.3 is 6.29 Å². The largest absolute Gasteiger partial charge is 0.325 e. The van der Waals surface area contributed by atoms with Crippen LogP contribution in [0.15, 0.2) is 78.4 Å². The number of hydrogen-bond acceptors (Lipinski definition) is 2. The van der Waals surface area contributed by atoms with E-state index in [9.17, 15) is 0 Å². The summed E-state index contributed by atoms with van der Waals surface area (Å²) in [5.74, 6) is 0. The topological polar surface area (TPSA) is 10.4 Å². The van der Waals surface area contributed by atoms with Crippen molar-refractivity contribution in [3.05, 3.63) is 84.1 Å². The van der Waals surface area contributed by atoms with E-state index < -0.39 is 0 Å². The van der Waals surface area contributed by atoms with Crippen LogP contribution >= 0.6 is 0 Å². The lowest BCUT2D eigenvalue weighted by Gasteiger charge is -2.22. The lowest BCUT2D eigenvalue weighted by molar-refractivity contribution is -0.744. The van der Waals surface area contributed by atoms with Crippen molar-refractivity contribution in [1.82, 2.24) is 9.80 Å². The average molecular weight is 246 g/mol. The summed E-state index contributed by atoms with van der Waals surface area (Å²) < 4.78 is 2.33. The smallest absolute Gasteiger partial charge is 0.269 e. The quantitative estimate of drug-likeness (QED) is 0.650. The van der Waals surface area contributed by atoms with Gasteiger partial charge in [-0.05, 0) is 30.4 Å². The molecule has 0 amide bonds. The molecule has 1 aromatic heterocycles. The fourth-order valence-electron chi connectivity index (χ4n) is 3.32. The summed E-state index contributed by atoms with van der Waals surface area (Å²) in [6.07, 6.45) is 17.4. The first kappa shape index (κ1) is 9.39. The van der Waals surface area contributed by atoms with Gasteiger partial charge in [0.15, 0.2) is 6.20 Å². The molecule has 3 nitrogen and oxygen atoms in total. The Morgan fingerprint density at radius 1 is 1.00 bits per heavy atom. The van der Waals surface area contributed by atoms with Crippen molar-refractivity contribution in [3.8, 4) is 0 Å². The standard InChI is InChI=1S/C16H12N3/c1-3-10-17-12(6-1)14-8-5-9-15-13-7-2-4-11-18(13)16(17)19(14)15/h1-11,16H/q+1. The molecule has 1 atom stereocenters. The minimum atomic E-state index is 0.207. The van der Waals surface area contributed by atoms with Crippen LogP contribution in [-0.2, 0) is 0 Å². The molecule has 0 saturated carbocycles. The molecule has 5 rings (SSSR count). The maximum atomic E-state index is 2.41. The number of hydrogen-bond donors (Lipinski definition) is 0. The number of allylic oxidation sites excluding steroid dienone is 6. The Bertz CT molecular complexity index is 749. The lowest BCUT2D eigenvalue weighted by atomic mass is 10.1. The second-order valence-electron chi connectivity index (χ2n) is 5.00. The highest BCUT2D eigenvalue weighted by Crippen LogP contribution is 2.46. The molecule has 1 unspecified atom stereocenters. The molecule has 1 aromatic rings. The highest BCUT2D eigenvalue weighted by atomic mass is 15.5. The van der Waals surface area contributed by atoms with Gasteiger partial charge < -0.3 is 0 Å². The van der Waals surface area contributed by atoms with Crippen LogP contribution in [0.25, 0.3) is 5.70 Å². The number of nitrogens with zero attached hydrogens (tertiary/aromatic N) is 3. The fourth-order valence-corrected chi connectivity index (χ4v) is 3.32. The molecule has 0 N–H and O–H groups in total. The highest BCUT2D eigenvalue weighted by Gasteiger charge is 2.52. The van der Waals surface area contributed by atoms with Gasteiger partial charge in [-0.2, -0.15) is 4.57 Å². The lowest BCUT2D eigenvalue weighted by Crippen LogP contribution is -2.47. The molecule has 19 heavy (non-hydrogen) atoms. The highest BCUT2D eigenvalue weighted by molar-refractivity contribution is 5.69. The van der Waals surface area contributed by atoms with E-state index in [-0.39, 0.29) is 6.29 Å². The summed E-state index contributed by atoms with van der Waals surface area (Å²) in [7, 11) is 0. The van der Waals surface area contributed by atoms with E-state index >= 15 is 0 Å². The molecule has 0 aromatic carbocycles. The summed E-state index contributed by atoms with van der Waals surface area (Å²) in [4.78, 5) is 4.74. The van der Waals surface area contributed by atoms with Crippen LogP contribution in [0.2, 0.25) is 0 Å². The van der Waals surface area contributed by atoms with Gasteiger partial charge in [0.05, 0.1) is 11.4 Å². The molecule has 90 valence electrons. The van der Waals surface area contributed by atoms with E-state index in [2.05, 4.69) is 81.4 Å². The van der Waals surface area contributed by atoms with Crippen molar-refractivity contribution in [2.45, 2.75) is 6.29 Å². The Kier molecular flexibility index (Phi) is 1.51. The van der Waals surface area contributed by atoms with Gasteiger partial charge in [0.2, 0.25) is 5.69 Å². The Balaban J connectivity index is 1.84. The van der Waals surface area contributed by atoms with Crippen LogP contribution in [0.5, 0.6) is 0 Å². The molecule has 4 aliphatic heterocycles. The Labute approximate surface area is 111 Å². The van der Waals surface area contributed by atoms with Crippen LogP contribution in [0.4, 0.5) is 0 Å². The van der Waals surface area contributed by atoms with Gasteiger partial charge in [-0.3, -0.25) is 9.80 Å². The van der Waals surface area contributed by atoms with Crippen molar-refractivity contribution < 1.29 is 4.57 Å². The molecule has 4 aliphatic rings. The van der Waals surface area contributed by atoms with Gasteiger partial charge in [-0.25, -0.2) is 0 Å². The van der Waals surface area contributed by atoms with Gasteiger partial charge in [0.1, 0.15) is 5.70 Å². The molecule has 0 radical (unpaired) electrons. The Morgan fingerprint density at radius 3 is 2.95 bits per heavy atom. The van der Waals surface area contributed by atoms with Crippen LogP contribution < -0.4 is 4.57 Å².